The molecule has 0 saturated heterocycles. The van der Waals surface area contributed by atoms with Crippen LogP contribution in [0.1, 0.15) is 24.0 Å². The van der Waals surface area contributed by atoms with Crippen molar-refractivity contribution in [2.24, 2.45) is 0 Å². The Morgan fingerprint density at radius 3 is 2.81 bits per heavy atom. The van der Waals surface area contributed by atoms with Crippen molar-refractivity contribution >= 4 is 17.6 Å². The molecule has 0 saturated carbocycles. The maximum absolute atomic E-state index is 10.9. The smallest absolute Gasteiger partial charge is 0.305 e. The number of aliphatic hydroxyl groups excluding tert-OH is 1. The van der Waals surface area contributed by atoms with Crippen LogP contribution in [-0.2, 0) is 22.6 Å². The van der Waals surface area contributed by atoms with E-state index in [4.69, 9.17) is 16.7 Å². The number of rotatable bonds is 5. The van der Waals surface area contributed by atoms with Crippen LogP contribution in [0.4, 0.5) is 0 Å². The Balaban J connectivity index is 2.56. The van der Waals surface area contributed by atoms with Crippen molar-refractivity contribution in [1.82, 2.24) is 0 Å². The van der Waals surface area contributed by atoms with Gasteiger partial charge in [0.15, 0.2) is 0 Å². The summed E-state index contributed by atoms with van der Waals surface area (Å²) in [7, 11) is 1.38. The summed E-state index contributed by atoms with van der Waals surface area (Å²) >= 11 is 5.82. The standard InChI is InChI=1S/C12H15ClO3/c1-16-12(15)4-2-3-9-5-6-11(13)7-10(9)8-14/h5-7,14H,2-4,8H2,1H3. The Labute approximate surface area is 100.0 Å². The van der Waals surface area contributed by atoms with Crippen LogP contribution in [0.25, 0.3) is 0 Å². The zero-order chi connectivity index (χ0) is 12.0. The molecule has 0 aliphatic heterocycles. The number of hydrogen-bond donors (Lipinski definition) is 1. The molecule has 0 atom stereocenters. The number of aliphatic hydroxyl groups is 1. The Morgan fingerprint density at radius 2 is 2.19 bits per heavy atom. The van der Waals surface area contributed by atoms with E-state index in [1.54, 1.807) is 12.1 Å². The van der Waals surface area contributed by atoms with Crippen molar-refractivity contribution in [3.8, 4) is 0 Å². The summed E-state index contributed by atoms with van der Waals surface area (Å²) < 4.78 is 4.55. The molecule has 3 nitrogen and oxygen atoms in total. The minimum absolute atomic E-state index is 0.0336. The fourth-order valence-corrected chi connectivity index (χ4v) is 1.71. The van der Waals surface area contributed by atoms with E-state index in [0.29, 0.717) is 17.9 Å². The molecule has 0 bridgehead atoms. The van der Waals surface area contributed by atoms with E-state index >= 15 is 0 Å². The van der Waals surface area contributed by atoms with E-state index in [2.05, 4.69) is 4.74 Å². The van der Waals surface area contributed by atoms with Gasteiger partial charge >= 0.3 is 5.97 Å². The van der Waals surface area contributed by atoms with Gasteiger partial charge in [-0.3, -0.25) is 4.79 Å². The van der Waals surface area contributed by atoms with Crippen LogP contribution in [0.15, 0.2) is 18.2 Å². The molecule has 1 rings (SSSR count). The molecule has 16 heavy (non-hydrogen) atoms. The van der Waals surface area contributed by atoms with Gasteiger partial charge in [0.05, 0.1) is 13.7 Å². The average molecular weight is 243 g/mol. The first kappa shape index (κ1) is 13.0. The van der Waals surface area contributed by atoms with E-state index < -0.39 is 0 Å². The summed E-state index contributed by atoms with van der Waals surface area (Å²) in [6.07, 6.45) is 1.84. The second-order valence-corrected chi connectivity index (χ2v) is 3.94. The molecule has 1 aromatic rings. The minimum atomic E-state index is -0.209. The highest BCUT2D eigenvalue weighted by atomic mass is 35.5. The predicted molar refractivity (Wildman–Crippen MR) is 62.3 cm³/mol. The second kappa shape index (κ2) is 6.51. The fourth-order valence-electron chi connectivity index (χ4n) is 1.51. The van der Waals surface area contributed by atoms with Crippen LogP contribution in [0.2, 0.25) is 5.02 Å². The summed E-state index contributed by atoms with van der Waals surface area (Å²) in [5, 5.41) is 9.76. The molecule has 0 radical (unpaired) electrons. The zero-order valence-corrected chi connectivity index (χ0v) is 9.96. The molecule has 0 fully saturated rings. The van der Waals surface area contributed by atoms with Crippen LogP contribution in [0.5, 0.6) is 0 Å². The van der Waals surface area contributed by atoms with Crippen molar-refractivity contribution in [3.05, 3.63) is 34.3 Å². The molecule has 0 heterocycles. The van der Waals surface area contributed by atoms with Gasteiger partial charge in [0.25, 0.3) is 0 Å². The number of carbonyl (C=O) groups is 1. The molecule has 0 amide bonds. The predicted octanol–water partition coefficient (Wildman–Crippen LogP) is 2.33. The molecule has 0 aliphatic rings. The SMILES string of the molecule is COC(=O)CCCc1ccc(Cl)cc1CO. The van der Waals surface area contributed by atoms with Gasteiger partial charge in [-0.1, -0.05) is 17.7 Å². The normalized spacial score (nSPS) is 10.2. The number of hydrogen-bond acceptors (Lipinski definition) is 3. The number of carbonyl (C=O) groups excluding carboxylic acids is 1. The third-order valence-corrected chi connectivity index (χ3v) is 2.63. The Morgan fingerprint density at radius 1 is 1.44 bits per heavy atom. The lowest BCUT2D eigenvalue weighted by Crippen LogP contribution is -2.01. The lowest BCUT2D eigenvalue weighted by atomic mass is 10.0. The first-order valence-electron chi connectivity index (χ1n) is 5.12. The highest BCUT2D eigenvalue weighted by Crippen LogP contribution is 2.18. The lowest BCUT2D eigenvalue weighted by molar-refractivity contribution is -0.140. The highest BCUT2D eigenvalue weighted by Gasteiger charge is 2.05. The summed E-state index contributed by atoms with van der Waals surface area (Å²) in [6.45, 7) is -0.0336. The number of benzene rings is 1. The maximum atomic E-state index is 10.9. The van der Waals surface area contributed by atoms with E-state index in [1.165, 1.54) is 7.11 Å². The molecule has 0 unspecified atom stereocenters. The number of aryl methyl sites for hydroxylation is 1. The van der Waals surface area contributed by atoms with Crippen LogP contribution < -0.4 is 0 Å². The van der Waals surface area contributed by atoms with Crippen LogP contribution >= 0.6 is 11.6 Å². The van der Waals surface area contributed by atoms with E-state index in [-0.39, 0.29) is 12.6 Å². The zero-order valence-electron chi connectivity index (χ0n) is 9.20. The van der Waals surface area contributed by atoms with Gasteiger partial charge in [-0.2, -0.15) is 0 Å². The molecule has 1 N–H and O–H groups in total. The molecule has 0 aliphatic carbocycles. The van der Waals surface area contributed by atoms with Gasteiger partial charge in [0.2, 0.25) is 0 Å². The van der Waals surface area contributed by atoms with Gasteiger partial charge in [-0.05, 0) is 36.1 Å². The number of halogens is 1. The van der Waals surface area contributed by atoms with Crippen LogP contribution in [0, 0.1) is 0 Å². The summed E-state index contributed by atoms with van der Waals surface area (Å²) in [5.41, 5.74) is 1.84. The second-order valence-electron chi connectivity index (χ2n) is 3.50. The summed E-state index contributed by atoms with van der Waals surface area (Å²) in [6, 6.07) is 5.41. The maximum Gasteiger partial charge on any atom is 0.305 e. The van der Waals surface area contributed by atoms with Crippen LogP contribution in [0.3, 0.4) is 0 Å². The van der Waals surface area contributed by atoms with Gasteiger partial charge in [0, 0.05) is 11.4 Å². The van der Waals surface area contributed by atoms with Gasteiger partial charge in [0.1, 0.15) is 0 Å². The molecule has 0 spiro atoms. The van der Waals surface area contributed by atoms with Gasteiger partial charge < -0.3 is 9.84 Å². The number of ether oxygens (including phenoxy) is 1. The highest BCUT2D eigenvalue weighted by molar-refractivity contribution is 6.30. The van der Waals surface area contributed by atoms with E-state index in [1.807, 2.05) is 6.07 Å². The van der Waals surface area contributed by atoms with Gasteiger partial charge in [-0.15, -0.1) is 0 Å². The topological polar surface area (TPSA) is 46.5 Å². The minimum Gasteiger partial charge on any atom is -0.469 e. The first-order valence-corrected chi connectivity index (χ1v) is 5.50. The van der Waals surface area contributed by atoms with Gasteiger partial charge in [-0.25, -0.2) is 0 Å². The lowest BCUT2D eigenvalue weighted by Gasteiger charge is -2.07. The Bertz CT molecular complexity index is 363. The number of esters is 1. The molecular formula is C12H15ClO3. The van der Waals surface area contributed by atoms with Crippen LogP contribution in [-0.4, -0.2) is 18.2 Å². The monoisotopic (exact) mass is 242 g/mol. The Kier molecular flexibility index (Phi) is 5.29. The molecule has 88 valence electrons. The first-order chi connectivity index (χ1) is 7.67. The fraction of sp³-hybridized carbons (Fsp3) is 0.417. The molecule has 1 aromatic carbocycles. The van der Waals surface area contributed by atoms with Crippen molar-refractivity contribution in [2.45, 2.75) is 25.9 Å². The number of methoxy groups -OCH3 is 1. The largest absolute Gasteiger partial charge is 0.469 e. The van der Waals surface area contributed by atoms with E-state index in [9.17, 15) is 4.79 Å². The Hall–Kier alpha value is -1.06. The average Bonchev–Trinajstić information content (AvgIpc) is 2.30. The molecular weight excluding hydrogens is 228 g/mol. The molecule has 0 aromatic heterocycles. The van der Waals surface area contributed by atoms with Crippen molar-refractivity contribution in [3.63, 3.8) is 0 Å². The summed E-state index contributed by atoms with van der Waals surface area (Å²) in [5.74, 6) is -0.209. The summed E-state index contributed by atoms with van der Waals surface area (Å²) in [4.78, 5) is 10.9. The van der Waals surface area contributed by atoms with Crippen molar-refractivity contribution in [1.29, 1.82) is 0 Å². The quantitative estimate of drug-likeness (QED) is 0.807. The third-order valence-electron chi connectivity index (χ3n) is 2.39. The van der Waals surface area contributed by atoms with Crippen molar-refractivity contribution in [2.75, 3.05) is 7.11 Å². The molecule has 4 heteroatoms. The van der Waals surface area contributed by atoms with Crippen molar-refractivity contribution < 1.29 is 14.6 Å². The van der Waals surface area contributed by atoms with E-state index in [0.717, 1.165) is 17.5 Å². The third kappa shape index (κ3) is 3.83.